The smallest absolute Gasteiger partial charge is 0.323 e. The van der Waals surface area contributed by atoms with E-state index in [9.17, 15) is 9.59 Å². The maximum atomic E-state index is 11.7. The van der Waals surface area contributed by atoms with E-state index in [4.69, 9.17) is 10.4 Å². The molecule has 0 radical (unpaired) electrons. The Hall–Kier alpha value is -2.55. The topological polar surface area (TPSA) is 84.6 Å². The molecule has 1 aliphatic rings. The molecular formula is C12H11N3O3. The molecule has 2 rings (SSSR count). The molecule has 0 fully saturated rings. The van der Waals surface area contributed by atoms with E-state index >= 15 is 0 Å². The van der Waals surface area contributed by atoms with E-state index in [0.717, 1.165) is 0 Å². The van der Waals surface area contributed by atoms with Crippen molar-refractivity contribution in [2.75, 3.05) is 29.9 Å². The molecule has 0 unspecified atom stereocenters. The molecule has 6 heteroatoms. The highest BCUT2D eigenvalue weighted by Gasteiger charge is 2.27. The number of carbonyl (C=O) groups is 2. The zero-order chi connectivity index (χ0) is 13.3. The average Bonchev–Trinajstić information content (AvgIpc) is 2.34. The summed E-state index contributed by atoms with van der Waals surface area (Å²) < 4.78 is 0. The van der Waals surface area contributed by atoms with Gasteiger partial charge in [0.2, 0.25) is 5.91 Å². The lowest BCUT2D eigenvalue weighted by molar-refractivity contribution is -0.135. The van der Waals surface area contributed by atoms with Gasteiger partial charge in [-0.3, -0.25) is 9.59 Å². The lowest BCUT2D eigenvalue weighted by Crippen LogP contribution is -2.45. The quantitative estimate of drug-likeness (QED) is 0.816. The van der Waals surface area contributed by atoms with E-state index in [1.165, 1.54) is 9.80 Å². The molecule has 1 aromatic rings. The molecular weight excluding hydrogens is 234 g/mol. The summed E-state index contributed by atoms with van der Waals surface area (Å²) in [7, 11) is 1.63. The molecule has 0 saturated heterocycles. The Bertz CT molecular complexity index is 562. The first kappa shape index (κ1) is 11.9. The van der Waals surface area contributed by atoms with Crippen LogP contribution in [0.5, 0.6) is 0 Å². The number of nitrogens with zero attached hydrogens (tertiary/aromatic N) is 3. The van der Waals surface area contributed by atoms with Crippen molar-refractivity contribution in [3.05, 3.63) is 23.8 Å². The van der Waals surface area contributed by atoms with Crippen LogP contribution in [-0.4, -0.2) is 37.1 Å². The number of hydrogen-bond acceptors (Lipinski definition) is 4. The largest absolute Gasteiger partial charge is 0.480 e. The van der Waals surface area contributed by atoms with Crippen molar-refractivity contribution in [2.24, 2.45) is 0 Å². The van der Waals surface area contributed by atoms with Crippen LogP contribution in [0.1, 0.15) is 5.56 Å². The van der Waals surface area contributed by atoms with E-state index in [1.807, 2.05) is 6.07 Å². The third-order valence-corrected chi connectivity index (χ3v) is 2.83. The molecule has 0 aliphatic carbocycles. The second kappa shape index (κ2) is 4.37. The van der Waals surface area contributed by atoms with Gasteiger partial charge in [0.1, 0.15) is 6.54 Å². The van der Waals surface area contributed by atoms with Gasteiger partial charge in [-0.2, -0.15) is 5.26 Å². The summed E-state index contributed by atoms with van der Waals surface area (Å²) in [6.07, 6.45) is 0. The first-order valence-corrected chi connectivity index (χ1v) is 5.30. The van der Waals surface area contributed by atoms with Crippen molar-refractivity contribution in [2.45, 2.75) is 0 Å². The average molecular weight is 245 g/mol. The summed E-state index contributed by atoms with van der Waals surface area (Å²) in [6.45, 7) is -0.258. The molecule has 6 nitrogen and oxygen atoms in total. The molecule has 1 aliphatic heterocycles. The summed E-state index contributed by atoms with van der Waals surface area (Å²) >= 11 is 0. The number of carboxylic acid groups (broad SMARTS) is 1. The van der Waals surface area contributed by atoms with Crippen molar-refractivity contribution in [3.8, 4) is 6.07 Å². The van der Waals surface area contributed by atoms with Gasteiger partial charge >= 0.3 is 5.97 Å². The molecule has 1 aromatic carbocycles. The van der Waals surface area contributed by atoms with Gasteiger partial charge in [-0.15, -0.1) is 0 Å². The zero-order valence-electron chi connectivity index (χ0n) is 9.75. The monoisotopic (exact) mass is 245 g/mol. The Kier molecular flexibility index (Phi) is 2.90. The van der Waals surface area contributed by atoms with Gasteiger partial charge in [-0.25, -0.2) is 0 Å². The number of fused-ring (bicyclic) bond motifs is 1. The maximum Gasteiger partial charge on any atom is 0.323 e. The summed E-state index contributed by atoms with van der Waals surface area (Å²) in [6, 6.07) is 6.85. The van der Waals surface area contributed by atoms with Crippen LogP contribution in [0.3, 0.4) is 0 Å². The van der Waals surface area contributed by atoms with Crippen molar-refractivity contribution in [3.63, 3.8) is 0 Å². The molecule has 92 valence electrons. The van der Waals surface area contributed by atoms with Crippen LogP contribution in [0.2, 0.25) is 0 Å². The molecule has 1 amide bonds. The number of rotatable bonds is 2. The number of hydrogen-bond donors (Lipinski definition) is 1. The molecule has 1 N–H and O–H groups in total. The highest BCUT2D eigenvalue weighted by molar-refractivity contribution is 6.03. The molecule has 1 heterocycles. The van der Waals surface area contributed by atoms with Gasteiger partial charge in [-0.1, -0.05) is 0 Å². The van der Waals surface area contributed by atoms with Crippen molar-refractivity contribution in [1.29, 1.82) is 5.26 Å². The third-order valence-electron chi connectivity index (χ3n) is 2.83. The maximum absolute atomic E-state index is 11.7. The van der Waals surface area contributed by atoms with Gasteiger partial charge in [0.15, 0.2) is 0 Å². The Morgan fingerprint density at radius 3 is 2.83 bits per heavy atom. The van der Waals surface area contributed by atoms with E-state index in [2.05, 4.69) is 0 Å². The summed E-state index contributed by atoms with van der Waals surface area (Å²) in [5.41, 5.74) is 1.65. The number of benzene rings is 1. The van der Waals surface area contributed by atoms with E-state index in [0.29, 0.717) is 16.9 Å². The number of anilines is 2. The molecule has 0 aromatic heterocycles. The second-order valence-electron chi connectivity index (χ2n) is 4.02. The molecule has 0 bridgehead atoms. The van der Waals surface area contributed by atoms with Gasteiger partial charge in [0.05, 0.1) is 29.6 Å². The summed E-state index contributed by atoms with van der Waals surface area (Å²) in [4.78, 5) is 25.4. The van der Waals surface area contributed by atoms with Crippen LogP contribution in [0, 0.1) is 11.3 Å². The molecule has 0 spiro atoms. The van der Waals surface area contributed by atoms with Crippen molar-refractivity contribution >= 4 is 23.3 Å². The summed E-state index contributed by atoms with van der Waals surface area (Å²) in [5, 5.41) is 17.7. The lowest BCUT2D eigenvalue weighted by Gasteiger charge is -2.34. The van der Waals surface area contributed by atoms with Crippen LogP contribution in [0.15, 0.2) is 18.2 Å². The predicted octanol–water partition coefficient (Wildman–Crippen LogP) is 0.426. The van der Waals surface area contributed by atoms with E-state index in [1.54, 1.807) is 25.2 Å². The van der Waals surface area contributed by atoms with Crippen molar-refractivity contribution in [1.82, 2.24) is 0 Å². The lowest BCUT2D eigenvalue weighted by atomic mass is 10.1. The highest BCUT2D eigenvalue weighted by Crippen LogP contribution is 2.33. The Balaban J connectivity index is 2.49. The number of carbonyl (C=O) groups excluding carboxylic acids is 1. The predicted molar refractivity (Wildman–Crippen MR) is 64.4 cm³/mol. The van der Waals surface area contributed by atoms with Crippen LogP contribution in [-0.2, 0) is 9.59 Å². The SMILES string of the molecule is CN1C(=O)CN(CC(=O)O)c2cc(C#N)ccc21. The third kappa shape index (κ3) is 1.98. The fourth-order valence-electron chi connectivity index (χ4n) is 1.92. The minimum atomic E-state index is -1.01. The Morgan fingerprint density at radius 1 is 1.50 bits per heavy atom. The first-order valence-electron chi connectivity index (χ1n) is 5.30. The Morgan fingerprint density at radius 2 is 2.22 bits per heavy atom. The fraction of sp³-hybridized carbons (Fsp3) is 0.250. The van der Waals surface area contributed by atoms with Crippen LogP contribution < -0.4 is 9.80 Å². The number of nitriles is 1. The first-order chi connectivity index (χ1) is 8.52. The van der Waals surface area contributed by atoms with Crippen LogP contribution >= 0.6 is 0 Å². The number of aliphatic carboxylic acids is 1. The van der Waals surface area contributed by atoms with Crippen molar-refractivity contribution < 1.29 is 14.7 Å². The molecule has 18 heavy (non-hydrogen) atoms. The standard InChI is InChI=1S/C12H11N3O3/c1-14-9-3-2-8(5-13)4-10(9)15(6-11(14)16)7-12(17)18/h2-4H,6-7H2,1H3,(H,17,18). The number of carboxylic acids is 1. The molecule has 0 saturated carbocycles. The minimum absolute atomic E-state index is 0.00464. The minimum Gasteiger partial charge on any atom is -0.480 e. The van der Waals surface area contributed by atoms with Gasteiger partial charge in [0.25, 0.3) is 0 Å². The normalized spacial score (nSPS) is 14.1. The fourth-order valence-corrected chi connectivity index (χ4v) is 1.92. The van der Waals surface area contributed by atoms with Gasteiger partial charge < -0.3 is 14.9 Å². The highest BCUT2D eigenvalue weighted by atomic mass is 16.4. The van der Waals surface area contributed by atoms with Gasteiger partial charge in [0, 0.05) is 7.05 Å². The Labute approximate surface area is 104 Å². The summed E-state index contributed by atoms with van der Waals surface area (Å²) in [5.74, 6) is -1.19. The van der Waals surface area contributed by atoms with Gasteiger partial charge in [-0.05, 0) is 18.2 Å². The number of amides is 1. The molecule has 0 atom stereocenters. The van der Waals surface area contributed by atoms with Crippen LogP contribution in [0.4, 0.5) is 11.4 Å². The second-order valence-corrected chi connectivity index (χ2v) is 4.02. The van der Waals surface area contributed by atoms with Crippen LogP contribution in [0.25, 0.3) is 0 Å². The zero-order valence-corrected chi connectivity index (χ0v) is 9.75. The van der Waals surface area contributed by atoms with E-state index < -0.39 is 5.97 Å². The van der Waals surface area contributed by atoms with E-state index in [-0.39, 0.29) is 19.0 Å². The number of likely N-dealkylation sites (N-methyl/N-ethyl adjacent to an activating group) is 1.